The predicted molar refractivity (Wildman–Crippen MR) is 173 cm³/mol. The van der Waals surface area contributed by atoms with E-state index in [9.17, 15) is 23.7 Å². The minimum Gasteiger partial charge on any atom is -0.468 e. The Hall–Kier alpha value is -3.46. The number of methoxy groups -OCH3 is 1. The van der Waals surface area contributed by atoms with Gasteiger partial charge in [-0.15, -0.1) is 11.8 Å². The van der Waals surface area contributed by atoms with Crippen LogP contribution in [0.5, 0.6) is 5.75 Å². The zero-order chi connectivity index (χ0) is 35.3. The van der Waals surface area contributed by atoms with E-state index in [-0.39, 0.29) is 18.2 Å². The lowest BCUT2D eigenvalue weighted by Crippen LogP contribution is -2.45. The average Bonchev–Trinajstić information content (AvgIpc) is 3.23. The molecular formula is C30H42FN4O10PS. The number of carbonyl (C=O) groups is 3. The average molecular weight is 701 g/mol. The Morgan fingerprint density at radius 2 is 1.64 bits per heavy atom. The number of imide groups is 1. The van der Waals surface area contributed by atoms with Crippen molar-refractivity contribution in [1.29, 1.82) is 0 Å². The van der Waals surface area contributed by atoms with Gasteiger partial charge in [-0.05, 0) is 66.7 Å². The number of amides is 2. The van der Waals surface area contributed by atoms with Crippen molar-refractivity contribution in [3.63, 3.8) is 0 Å². The molecule has 17 heteroatoms. The smallest absolute Gasteiger partial charge is 0.459 e. The van der Waals surface area contributed by atoms with Gasteiger partial charge in [0.1, 0.15) is 34.5 Å². The number of rotatable bonds is 10. The molecule has 0 aliphatic carbocycles. The van der Waals surface area contributed by atoms with Crippen molar-refractivity contribution in [2.75, 3.05) is 18.6 Å². The summed E-state index contributed by atoms with van der Waals surface area (Å²) >= 11 is 1.04. The molecule has 0 bridgehead atoms. The van der Waals surface area contributed by atoms with Crippen molar-refractivity contribution in [1.82, 2.24) is 14.6 Å². The molecule has 1 aromatic carbocycles. The molecule has 14 nitrogen and oxygen atoms in total. The maximum Gasteiger partial charge on any atom is 0.459 e. The highest BCUT2D eigenvalue weighted by molar-refractivity contribution is 8.00. The van der Waals surface area contributed by atoms with Gasteiger partial charge in [0.15, 0.2) is 5.82 Å². The summed E-state index contributed by atoms with van der Waals surface area (Å²) in [7, 11) is -3.01. The monoisotopic (exact) mass is 700 g/mol. The lowest BCUT2D eigenvalue weighted by atomic mass is 10.0. The highest BCUT2D eigenvalue weighted by Gasteiger charge is 2.45. The number of ether oxygens (including phenoxy) is 3. The van der Waals surface area contributed by atoms with E-state index in [2.05, 4.69) is 10.1 Å². The number of anilines is 1. The summed E-state index contributed by atoms with van der Waals surface area (Å²) in [4.78, 5) is 55.6. The zero-order valence-electron chi connectivity index (χ0n) is 27.8. The molecule has 3 rings (SSSR count). The van der Waals surface area contributed by atoms with Crippen molar-refractivity contribution in [3.05, 3.63) is 53.1 Å². The highest BCUT2D eigenvalue weighted by Crippen LogP contribution is 2.50. The third kappa shape index (κ3) is 10.5. The summed E-state index contributed by atoms with van der Waals surface area (Å²) in [6.45, 7) is 12.4. The number of halogens is 1. The molecule has 0 radical (unpaired) electrons. The summed E-state index contributed by atoms with van der Waals surface area (Å²) in [6, 6.07) is 8.30. The van der Waals surface area contributed by atoms with Crippen LogP contribution < -0.4 is 20.2 Å². The minimum absolute atomic E-state index is 0.207. The summed E-state index contributed by atoms with van der Waals surface area (Å²) in [6.07, 6.45) is -2.59. The molecule has 1 unspecified atom stereocenters. The van der Waals surface area contributed by atoms with Gasteiger partial charge >= 0.3 is 31.6 Å². The van der Waals surface area contributed by atoms with Gasteiger partial charge in [-0.2, -0.15) is 15.0 Å². The summed E-state index contributed by atoms with van der Waals surface area (Å²) in [5.74, 6) is -1.56. The van der Waals surface area contributed by atoms with Crippen molar-refractivity contribution in [2.45, 2.75) is 89.4 Å². The third-order valence-electron chi connectivity index (χ3n) is 6.43. The van der Waals surface area contributed by atoms with Crippen LogP contribution in [0.4, 0.5) is 19.8 Å². The van der Waals surface area contributed by atoms with Crippen LogP contribution in [0.25, 0.3) is 0 Å². The van der Waals surface area contributed by atoms with Crippen LogP contribution >= 0.6 is 19.5 Å². The lowest BCUT2D eigenvalue weighted by Gasteiger charge is -2.28. The second-order valence-electron chi connectivity index (χ2n) is 12.7. The first-order chi connectivity index (χ1) is 21.7. The molecule has 2 heterocycles. The van der Waals surface area contributed by atoms with Crippen LogP contribution in [0.2, 0.25) is 0 Å². The molecule has 1 aromatic heterocycles. The largest absolute Gasteiger partial charge is 0.468 e. The quantitative estimate of drug-likeness (QED) is 0.178. The number of benzene rings is 1. The molecule has 1 fully saturated rings. The predicted octanol–water partition coefficient (Wildman–Crippen LogP) is 5.86. The van der Waals surface area contributed by atoms with Gasteiger partial charge in [0.05, 0.1) is 13.7 Å². The van der Waals surface area contributed by atoms with E-state index >= 15 is 4.39 Å². The Morgan fingerprint density at radius 3 is 2.15 bits per heavy atom. The second kappa shape index (κ2) is 15.2. The summed E-state index contributed by atoms with van der Waals surface area (Å²) < 4.78 is 57.2. The van der Waals surface area contributed by atoms with E-state index in [0.717, 1.165) is 16.3 Å². The van der Waals surface area contributed by atoms with Crippen molar-refractivity contribution in [3.8, 4) is 5.75 Å². The Bertz CT molecular complexity index is 1500. The fraction of sp³-hybridized carbons (Fsp3) is 0.567. The molecule has 1 N–H and O–H groups in total. The third-order valence-corrected chi connectivity index (χ3v) is 9.75. The van der Waals surface area contributed by atoms with Gasteiger partial charge in [-0.3, -0.25) is 13.9 Å². The van der Waals surface area contributed by atoms with Crippen molar-refractivity contribution >= 4 is 43.5 Å². The normalized spacial score (nSPS) is 21.7. The second-order valence-corrected chi connectivity index (χ2v) is 15.8. The Labute approximate surface area is 277 Å². The molecular weight excluding hydrogens is 658 g/mol. The fourth-order valence-electron chi connectivity index (χ4n) is 4.20. The maximum absolute atomic E-state index is 15.7. The van der Waals surface area contributed by atoms with Gasteiger partial charge in [-0.25, -0.2) is 23.3 Å². The SMILES string of the molecule is COC(=O)[C@H](C)NP(=O)(OC[C@H]1S[C@@H](n2ccc(N(C(=O)OC(C)(C)C)C(=O)OC(C)(C)C)nc2=O)[C@@H](F)[C@@H]1C)Oc1ccccc1. The van der Waals surface area contributed by atoms with Gasteiger partial charge in [0, 0.05) is 17.4 Å². The van der Waals surface area contributed by atoms with E-state index in [1.807, 2.05) is 0 Å². The number of aromatic nitrogens is 2. The first-order valence-corrected chi connectivity index (χ1v) is 17.2. The van der Waals surface area contributed by atoms with Crippen LogP contribution in [-0.2, 0) is 28.1 Å². The van der Waals surface area contributed by atoms with Crippen LogP contribution in [0.1, 0.15) is 60.8 Å². The molecule has 2 aromatic rings. The van der Waals surface area contributed by atoms with Gasteiger partial charge in [0.2, 0.25) is 0 Å². The van der Waals surface area contributed by atoms with Crippen LogP contribution in [0, 0.1) is 5.92 Å². The number of nitrogens with zero attached hydrogens (tertiary/aromatic N) is 3. The fourth-order valence-corrected chi connectivity index (χ4v) is 7.41. The van der Waals surface area contributed by atoms with Gasteiger partial charge in [0.25, 0.3) is 0 Å². The molecule has 1 aliphatic heterocycles. The van der Waals surface area contributed by atoms with Gasteiger partial charge < -0.3 is 18.7 Å². The molecule has 1 saturated heterocycles. The van der Waals surface area contributed by atoms with Crippen molar-refractivity contribution in [2.24, 2.45) is 5.92 Å². The van der Waals surface area contributed by atoms with Gasteiger partial charge in [-0.1, -0.05) is 25.1 Å². The summed E-state index contributed by atoms with van der Waals surface area (Å²) in [5, 5.41) is 0.842. The number of carbonyl (C=O) groups excluding carboxylic acids is 3. The van der Waals surface area contributed by atoms with Crippen LogP contribution in [0.15, 0.2) is 47.4 Å². The number of nitrogens with one attached hydrogen (secondary N) is 1. The Kier molecular flexibility index (Phi) is 12.3. The number of alkyl halides is 1. The topological polar surface area (TPSA) is 165 Å². The molecule has 260 valence electrons. The number of para-hydroxylation sites is 1. The molecule has 0 spiro atoms. The Balaban J connectivity index is 1.84. The molecule has 47 heavy (non-hydrogen) atoms. The molecule has 1 aliphatic rings. The highest BCUT2D eigenvalue weighted by atomic mass is 32.2. The van der Waals surface area contributed by atoms with Crippen molar-refractivity contribution < 1.29 is 46.6 Å². The molecule has 0 saturated carbocycles. The summed E-state index contributed by atoms with van der Waals surface area (Å²) in [5.41, 5.74) is -2.91. The minimum atomic E-state index is -4.19. The molecule has 2 amide bonds. The maximum atomic E-state index is 15.7. The number of esters is 1. The molecule has 6 atom stereocenters. The first kappa shape index (κ1) is 38.0. The van der Waals surface area contributed by atoms with E-state index in [4.69, 9.17) is 23.3 Å². The van der Waals surface area contributed by atoms with E-state index in [1.165, 1.54) is 26.3 Å². The van der Waals surface area contributed by atoms with Crippen LogP contribution in [0.3, 0.4) is 0 Å². The van der Waals surface area contributed by atoms with E-state index < -0.39 is 71.5 Å². The standard InChI is InChI=1S/C30H42FN4O10PS/c1-18-21(17-42-46(40,33-19(2)25(36)41-9)45-20-13-11-10-12-14-20)47-24(23(18)31)34-16-15-22(32-26(34)37)35(27(38)43-29(3,4)5)28(39)44-30(6,7)8/h10-16,18-19,21,23-24H,17H2,1-9H3,(H,33,40)/t18-,19+,21-,23+,24-,46?/m1/s1. The van der Waals surface area contributed by atoms with E-state index in [1.54, 1.807) is 78.8 Å². The number of hydrogen-bond acceptors (Lipinski definition) is 12. The number of hydrogen-bond donors (Lipinski definition) is 1. The van der Waals surface area contributed by atoms with Crippen LogP contribution in [-0.4, -0.2) is 70.1 Å². The first-order valence-electron chi connectivity index (χ1n) is 14.7. The zero-order valence-corrected chi connectivity index (χ0v) is 29.5. The number of thioether (sulfide) groups is 1. The lowest BCUT2D eigenvalue weighted by molar-refractivity contribution is -0.142. The van der Waals surface area contributed by atoms with E-state index in [0.29, 0.717) is 4.90 Å². The Morgan fingerprint density at radius 1 is 1.06 bits per heavy atom.